The summed E-state index contributed by atoms with van der Waals surface area (Å²) in [5.74, 6) is 1.53. The van der Waals surface area contributed by atoms with Crippen molar-refractivity contribution in [2.75, 3.05) is 0 Å². The lowest BCUT2D eigenvalue weighted by atomic mass is 10.0. The van der Waals surface area contributed by atoms with Crippen LogP contribution in [-0.4, -0.2) is 15.8 Å². The van der Waals surface area contributed by atoms with Gasteiger partial charge in [0.05, 0.1) is 0 Å². The van der Waals surface area contributed by atoms with E-state index in [2.05, 4.69) is 30.7 Å². The molecule has 0 radical (unpaired) electrons. The van der Waals surface area contributed by atoms with Crippen molar-refractivity contribution in [2.45, 2.75) is 46.5 Å². The molecule has 0 bridgehead atoms. The highest BCUT2D eigenvalue weighted by Gasteiger charge is 2.06. The molecule has 1 rings (SSSR count). The second-order valence-corrected chi connectivity index (χ2v) is 4.45. The first-order chi connectivity index (χ1) is 7.61. The summed E-state index contributed by atoms with van der Waals surface area (Å²) in [7, 11) is 0. The van der Waals surface area contributed by atoms with Crippen LogP contribution in [0, 0.1) is 5.92 Å². The summed E-state index contributed by atoms with van der Waals surface area (Å²) < 4.78 is 0. The van der Waals surface area contributed by atoms with Gasteiger partial charge in [0.25, 0.3) is 0 Å². The lowest BCUT2D eigenvalue weighted by molar-refractivity contribution is -0.119. The van der Waals surface area contributed by atoms with Crippen LogP contribution in [0.15, 0.2) is 12.3 Å². The van der Waals surface area contributed by atoms with Crippen molar-refractivity contribution in [3.8, 4) is 0 Å². The summed E-state index contributed by atoms with van der Waals surface area (Å²) in [5.41, 5.74) is 1.04. The Kier molecular flexibility index (Phi) is 5.09. The Labute approximate surface area is 97.3 Å². The van der Waals surface area contributed by atoms with Gasteiger partial charge >= 0.3 is 0 Å². The van der Waals surface area contributed by atoms with Gasteiger partial charge in [-0.3, -0.25) is 4.79 Å². The van der Waals surface area contributed by atoms with Crippen LogP contribution in [0.5, 0.6) is 0 Å². The van der Waals surface area contributed by atoms with Crippen LogP contribution < -0.4 is 0 Å². The first-order valence-corrected chi connectivity index (χ1v) is 5.94. The van der Waals surface area contributed by atoms with E-state index in [0.29, 0.717) is 31.0 Å². The Hall–Kier alpha value is -1.25. The summed E-state index contributed by atoms with van der Waals surface area (Å²) in [6.07, 6.45) is 4.57. The highest BCUT2D eigenvalue weighted by Crippen LogP contribution is 2.06. The molecule has 0 spiro atoms. The molecule has 3 heteroatoms. The number of aromatic nitrogens is 2. The number of Topliss-reactive ketones (excluding diaryl/α,β-unsaturated/α-hetero) is 1. The maximum Gasteiger partial charge on any atom is 0.133 e. The lowest BCUT2D eigenvalue weighted by Gasteiger charge is -2.04. The number of ketones is 1. The number of nitrogens with zero attached hydrogens (tertiary/aromatic N) is 2. The average molecular weight is 220 g/mol. The highest BCUT2D eigenvalue weighted by atomic mass is 16.1. The van der Waals surface area contributed by atoms with Crippen molar-refractivity contribution >= 4 is 5.78 Å². The minimum absolute atomic E-state index is 0.306. The zero-order valence-electron chi connectivity index (χ0n) is 10.4. The molecule has 1 aromatic heterocycles. The first-order valence-electron chi connectivity index (χ1n) is 5.94. The van der Waals surface area contributed by atoms with Crippen molar-refractivity contribution in [3.63, 3.8) is 0 Å². The molecule has 0 N–H and O–H groups in total. The molecule has 88 valence electrons. The normalized spacial score (nSPS) is 10.8. The van der Waals surface area contributed by atoms with Gasteiger partial charge in [-0.15, -0.1) is 0 Å². The highest BCUT2D eigenvalue weighted by molar-refractivity contribution is 5.78. The van der Waals surface area contributed by atoms with E-state index < -0.39 is 0 Å². The molecule has 0 atom stereocenters. The third-order valence-corrected chi connectivity index (χ3v) is 2.39. The number of aryl methyl sites for hydroxylation is 2. The van der Waals surface area contributed by atoms with E-state index in [9.17, 15) is 4.79 Å². The quantitative estimate of drug-likeness (QED) is 0.740. The average Bonchev–Trinajstić information content (AvgIpc) is 2.26. The summed E-state index contributed by atoms with van der Waals surface area (Å²) in [6.45, 7) is 6.19. The van der Waals surface area contributed by atoms with Gasteiger partial charge in [-0.25, -0.2) is 9.97 Å². The van der Waals surface area contributed by atoms with E-state index >= 15 is 0 Å². The SMILES string of the molecule is CCc1ccnc(CCC(=O)CC(C)C)n1. The van der Waals surface area contributed by atoms with Gasteiger partial charge in [0.1, 0.15) is 11.6 Å². The molecule has 1 heterocycles. The molecule has 16 heavy (non-hydrogen) atoms. The van der Waals surface area contributed by atoms with Crippen LogP contribution >= 0.6 is 0 Å². The maximum atomic E-state index is 11.5. The summed E-state index contributed by atoms with van der Waals surface area (Å²) in [5, 5.41) is 0. The third-order valence-electron chi connectivity index (χ3n) is 2.39. The Balaban J connectivity index is 2.45. The molecule has 0 saturated heterocycles. The van der Waals surface area contributed by atoms with Gasteiger partial charge in [0.15, 0.2) is 0 Å². The maximum absolute atomic E-state index is 11.5. The van der Waals surface area contributed by atoms with E-state index in [4.69, 9.17) is 0 Å². The molecule has 0 aliphatic heterocycles. The largest absolute Gasteiger partial charge is 0.300 e. The van der Waals surface area contributed by atoms with Crippen molar-refractivity contribution < 1.29 is 4.79 Å². The number of hydrogen-bond acceptors (Lipinski definition) is 3. The van der Waals surface area contributed by atoms with E-state index in [0.717, 1.165) is 17.9 Å². The molecule has 0 aromatic carbocycles. The molecular weight excluding hydrogens is 200 g/mol. The fourth-order valence-corrected chi connectivity index (χ4v) is 1.57. The predicted molar refractivity (Wildman–Crippen MR) is 64.2 cm³/mol. The topological polar surface area (TPSA) is 42.9 Å². The predicted octanol–water partition coefficient (Wildman–Crippen LogP) is 2.59. The van der Waals surface area contributed by atoms with E-state index in [1.807, 2.05) is 6.07 Å². The van der Waals surface area contributed by atoms with Crippen molar-refractivity contribution in [1.82, 2.24) is 9.97 Å². The molecule has 3 nitrogen and oxygen atoms in total. The minimum Gasteiger partial charge on any atom is -0.300 e. The number of carbonyl (C=O) groups is 1. The van der Waals surface area contributed by atoms with Crippen molar-refractivity contribution in [1.29, 1.82) is 0 Å². The van der Waals surface area contributed by atoms with E-state index in [-0.39, 0.29) is 0 Å². The van der Waals surface area contributed by atoms with Gasteiger partial charge < -0.3 is 0 Å². The molecular formula is C13H20N2O. The molecule has 0 aliphatic rings. The summed E-state index contributed by atoms with van der Waals surface area (Å²) in [4.78, 5) is 20.1. The Bertz CT molecular complexity index is 348. The molecule has 1 aromatic rings. The zero-order valence-corrected chi connectivity index (χ0v) is 10.4. The molecule has 0 saturated carbocycles. The number of carbonyl (C=O) groups excluding carboxylic acids is 1. The Morgan fingerprint density at radius 1 is 1.44 bits per heavy atom. The number of hydrogen-bond donors (Lipinski definition) is 0. The van der Waals surface area contributed by atoms with Crippen LogP contribution in [0.2, 0.25) is 0 Å². The van der Waals surface area contributed by atoms with Crippen LogP contribution in [0.25, 0.3) is 0 Å². The van der Waals surface area contributed by atoms with Gasteiger partial charge in [-0.05, 0) is 18.4 Å². The molecule has 0 unspecified atom stereocenters. The fraction of sp³-hybridized carbons (Fsp3) is 0.615. The van der Waals surface area contributed by atoms with Crippen molar-refractivity contribution in [2.24, 2.45) is 5.92 Å². The van der Waals surface area contributed by atoms with Crippen molar-refractivity contribution in [3.05, 3.63) is 23.8 Å². The van der Waals surface area contributed by atoms with Gasteiger partial charge in [-0.1, -0.05) is 20.8 Å². The molecule has 0 aliphatic carbocycles. The van der Waals surface area contributed by atoms with Gasteiger partial charge in [0, 0.05) is 31.2 Å². The van der Waals surface area contributed by atoms with Crippen LogP contribution in [0.1, 0.15) is 45.1 Å². The first kappa shape index (κ1) is 12.8. The Morgan fingerprint density at radius 3 is 2.81 bits per heavy atom. The van der Waals surface area contributed by atoms with E-state index in [1.54, 1.807) is 6.20 Å². The minimum atomic E-state index is 0.306. The van der Waals surface area contributed by atoms with Crippen LogP contribution in [0.4, 0.5) is 0 Å². The smallest absolute Gasteiger partial charge is 0.133 e. The molecule has 0 amide bonds. The van der Waals surface area contributed by atoms with Crippen LogP contribution in [0.3, 0.4) is 0 Å². The monoisotopic (exact) mass is 220 g/mol. The van der Waals surface area contributed by atoms with Gasteiger partial charge in [0.2, 0.25) is 0 Å². The summed E-state index contributed by atoms with van der Waals surface area (Å²) >= 11 is 0. The fourth-order valence-electron chi connectivity index (χ4n) is 1.57. The third kappa shape index (κ3) is 4.51. The Morgan fingerprint density at radius 2 is 2.19 bits per heavy atom. The summed E-state index contributed by atoms with van der Waals surface area (Å²) in [6, 6.07) is 1.92. The molecule has 0 fully saturated rings. The van der Waals surface area contributed by atoms with Crippen LogP contribution in [-0.2, 0) is 17.6 Å². The zero-order chi connectivity index (χ0) is 12.0. The standard InChI is InChI=1S/C13H20N2O/c1-4-11-7-8-14-13(15-11)6-5-12(16)9-10(2)3/h7-8,10H,4-6,9H2,1-3H3. The lowest BCUT2D eigenvalue weighted by Crippen LogP contribution is -2.06. The van der Waals surface area contributed by atoms with E-state index in [1.165, 1.54) is 0 Å². The number of rotatable bonds is 6. The second kappa shape index (κ2) is 6.36. The second-order valence-electron chi connectivity index (χ2n) is 4.45. The van der Waals surface area contributed by atoms with Gasteiger partial charge in [-0.2, -0.15) is 0 Å².